The summed E-state index contributed by atoms with van der Waals surface area (Å²) in [5.41, 5.74) is 1.32. The van der Waals surface area contributed by atoms with Gasteiger partial charge < -0.3 is 39.6 Å². The number of carboxylic acids is 4. The number of carboxylic acid groups (broad SMARTS) is 4. The summed E-state index contributed by atoms with van der Waals surface area (Å²) in [6.07, 6.45) is 6.65. The van der Waals surface area contributed by atoms with Crippen LogP contribution in [0.1, 0.15) is 66.9 Å². The number of hydrogen-bond donors (Lipinski definition) is 0. The fourth-order valence-electron chi connectivity index (χ4n) is 17.1. The van der Waals surface area contributed by atoms with Crippen molar-refractivity contribution in [1.29, 1.82) is 0 Å². The molecule has 11 nitrogen and oxygen atoms in total. The van der Waals surface area contributed by atoms with Crippen molar-refractivity contribution in [2.24, 2.45) is 23.2 Å². The van der Waals surface area contributed by atoms with Crippen molar-refractivity contribution in [2.45, 2.75) is 157 Å². The molecule has 4 fully saturated rings. The van der Waals surface area contributed by atoms with Gasteiger partial charge in [-0.25, -0.2) is 0 Å². The van der Waals surface area contributed by atoms with Crippen LogP contribution in [0.15, 0.2) is 607 Å². The molecule has 0 aliphatic heterocycles. The number of aryl methyl sites for hydroxylation is 1. The molecule has 0 saturated heterocycles. The van der Waals surface area contributed by atoms with E-state index >= 15 is 0 Å². The molecule has 18 aromatic carbocycles. The second-order valence-corrected chi connectivity index (χ2v) is 46.6. The summed E-state index contributed by atoms with van der Waals surface area (Å²) in [5.74, 6) is -2.08. The first-order valence-electron chi connectivity index (χ1n) is 47.1. The predicted octanol–water partition coefficient (Wildman–Crippen LogP) is 27.7. The van der Waals surface area contributed by atoms with Crippen LogP contribution in [-0.2, 0) is 64.4 Å². The van der Waals surface area contributed by atoms with Crippen LogP contribution in [0.3, 0.4) is 0 Å². The molecule has 4 saturated carbocycles. The van der Waals surface area contributed by atoms with Crippen LogP contribution in [0.2, 0.25) is 0 Å². The van der Waals surface area contributed by atoms with Gasteiger partial charge in [0.25, 0.3) is 5.69 Å². The Hall–Kier alpha value is -14.0. The molecule has 0 spiro atoms. The number of nitro groups is 1. The number of carbonyl (C=O) groups is 4. The van der Waals surface area contributed by atoms with Crippen LogP contribution < -0.4 is 20.4 Å². The third-order valence-electron chi connectivity index (χ3n) is 23.2. The Morgan fingerprint density at radius 2 is 0.458 bits per heavy atom. The van der Waals surface area contributed by atoms with E-state index in [2.05, 4.69) is 461 Å². The maximum absolute atomic E-state index is 11.1. The Bertz CT molecular complexity index is 6040. The number of nitro benzene ring substituents is 1. The van der Waals surface area contributed by atoms with E-state index in [-0.39, 0.29) is 61.3 Å². The van der Waals surface area contributed by atoms with Crippen LogP contribution in [-0.4, -0.2) is 28.8 Å². The average Bonchev–Trinajstić information content (AvgIpc) is 0.743. The second-order valence-electron chi connectivity index (χ2n) is 33.9. The molecule has 720 valence electrons. The van der Waals surface area contributed by atoms with Crippen molar-refractivity contribution in [3.63, 3.8) is 0 Å². The van der Waals surface area contributed by atoms with Crippen molar-refractivity contribution >= 4 is 120 Å². The molecule has 0 amide bonds. The lowest BCUT2D eigenvalue weighted by molar-refractivity contribution is -0.384. The standard InChI is InChI=1S/4C24H19S2.C11H16O2.C9H10O2.C7H5NO4.C2H4O2/c4*1-4-10-20(11-5-1)25-21-16-18-24(19-17-21)26(22-12-6-2-7-13-22)23-14-8-3-9-15-23;12-10(13)11-4-7-1-8(5-11)3-9(2-7)6-11;1-7-2-4-8(5-3-7)6-9(10)11;9-7(10)5-1-3-6(4-2-5)8(11)12;1-2(3)4/h4*1-19H;7-9H,1-6H2,(H,12,13);2-5H,6H2,1H3,(H,10,11);1-4H,(H,9,10);1H3,(H,3,4)/q4*+1;;;;/p-4. The minimum atomic E-state index is -1.34. The van der Waals surface area contributed by atoms with Gasteiger partial charge in [0.2, 0.25) is 0 Å². The topological polar surface area (TPSA) is 204 Å². The zero-order valence-electron chi connectivity index (χ0n) is 79.5. The molecule has 144 heavy (non-hydrogen) atoms. The maximum Gasteiger partial charge on any atom is 0.269 e. The molecule has 4 bridgehead atoms. The van der Waals surface area contributed by atoms with E-state index < -0.39 is 34.2 Å². The van der Waals surface area contributed by atoms with Gasteiger partial charge in [0.15, 0.2) is 58.7 Å². The molecular formula is C125H107NO10S8. The van der Waals surface area contributed by atoms with Crippen molar-refractivity contribution in [3.8, 4) is 0 Å². The van der Waals surface area contributed by atoms with Crippen molar-refractivity contribution in [3.05, 3.63) is 536 Å². The molecule has 4 aliphatic carbocycles. The van der Waals surface area contributed by atoms with Crippen LogP contribution in [0.4, 0.5) is 5.69 Å². The molecular weight excluding hydrogens is 1930 g/mol. The first kappa shape index (κ1) is 106. The lowest BCUT2D eigenvalue weighted by Gasteiger charge is -2.57. The summed E-state index contributed by atoms with van der Waals surface area (Å²) in [6, 6.07) is 176. The Balaban J connectivity index is 0.000000135. The van der Waals surface area contributed by atoms with Gasteiger partial charge in [0.05, 0.1) is 54.5 Å². The van der Waals surface area contributed by atoms with Gasteiger partial charge in [-0.3, -0.25) is 10.1 Å². The van der Waals surface area contributed by atoms with Crippen LogP contribution in [0.5, 0.6) is 0 Å². The lowest BCUT2D eigenvalue weighted by atomic mass is 9.49. The third-order valence-corrected chi connectivity index (χ3v) is 36.2. The molecule has 0 N–H and O–H groups in total. The highest BCUT2D eigenvalue weighted by molar-refractivity contribution is 8.00. The highest BCUT2D eigenvalue weighted by Gasteiger charge is 2.51. The molecule has 0 radical (unpaired) electrons. The van der Waals surface area contributed by atoms with Gasteiger partial charge in [0, 0.05) is 81.0 Å². The van der Waals surface area contributed by atoms with Gasteiger partial charge in [-0.15, -0.1) is 0 Å². The van der Waals surface area contributed by atoms with E-state index in [1.807, 2.05) is 19.1 Å². The minimum Gasteiger partial charge on any atom is -0.550 e. The van der Waals surface area contributed by atoms with Gasteiger partial charge in [-0.2, -0.15) is 0 Å². The van der Waals surface area contributed by atoms with E-state index in [1.54, 1.807) is 59.2 Å². The molecule has 19 heteroatoms. The Kier molecular flexibility index (Phi) is 40.9. The number of non-ortho nitro benzene ring substituents is 1. The largest absolute Gasteiger partial charge is 0.550 e. The number of benzene rings is 18. The summed E-state index contributed by atoms with van der Waals surface area (Å²) in [5, 5.41) is 50.5. The third kappa shape index (κ3) is 32.8. The first-order chi connectivity index (χ1) is 70.3. The minimum absolute atomic E-state index is 0.000278. The molecule has 0 aromatic heterocycles. The van der Waals surface area contributed by atoms with Gasteiger partial charge in [-0.05, 0) is 336 Å². The highest BCUT2D eigenvalue weighted by atomic mass is 32.2. The number of aliphatic carboxylic acids is 3. The summed E-state index contributed by atoms with van der Waals surface area (Å²) < 4.78 is 0. The van der Waals surface area contributed by atoms with Crippen molar-refractivity contribution in [1.82, 2.24) is 0 Å². The summed E-state index contributed by atoms with van der Waals surface area (Å²) >= 11 is 7.21. The fourth-order valence-corrected chi connectivity index (χ4v) is 28.8. The fraction of sp³-hybridized carbons (Fsp3) is 0.104. The lowest BCUT2D eigenvalue weighted by Crippen LogP contribution is -2.54. The predicted molar refractivity (Wildman–Crippen MR) is 582 cm³/mol. The number of carbonyl (C=O) groups excluding carboxylic acids is 4. The molecule has 0 unspecified atom stereocenters. The molecule has 22 rings (SSSR count). The number of hydrogen-bond acceptors (Lipinski definition) is 14. The molecule has 18 aromatic rings. The SMILES string of the molecule is CC(=O)[O-].Cc1ccc(CC(=O)[O-])cc1.O=C([O-])C12CC3CC(CC(C3)C1)C2.O=C([O-])c1ccc([N+](=O)[O-])cc1.c1ccc(Sc2ccc([S+](c3ccccc3)c3ccccc3)cc2)cc1.c1ccc(Sc2ccc([S+](c3ccccc3)c3ccccc3)cc2)cc1.c1ccc(Sc2ccc([S+](c3ccccc3)c3ccccc3)cc2)cc1.c1ccc(Sc2ccc([S+](c3ccccc3)c3ccccc3)cc2)cc1. The van der Waals surface area contributed by atoms with Crippen LogP contribution >= 0.6 is 47.0 Å². The second kappa shape index (κ2) is 55.6. The average molecular weight is 2040 g/mol. The zero-order chi connectivity index (χ0) is 100. The molecule has 4 aliphatic rings. The van der Waals surface area contributed by atoms with Crippen LogP contribution in [0.25, 0.3) is 0 Å². The Morgan fingerprint density at radius 1 is 0.271 bits per heavy atom. The Morgan fingerprint density at radius 3 is 0.639 bits per heavy atom. The highest BCUT2D eigenvalue weighted by Crippen LogP contribution is 2.60. The zero-order valence-corrected chi connectivity index (χ0v) is 86.0. The van der Waals surface area contributed by atoms with Crippen molar-refractivity contribution < 1.29 is 44.5 Å². The van der Waals surface area contributed by atoms with Gasteiger partial charge in [0.1, 0.15) is 0 Å². The van der Waals surface area contributed by atoms with E-state index in [0.29, 0.717) is 17.8 Å². The van der Waals surface area contributed by atoms with E-state index in [9.17, 15) is 39.8 Å². The summed E-state index contributed by atoms with van der Waals surface area (Å²) in [6.45, 7) is 2.93. The number of nitrogens with zero attached hydrogens (tertiary/aromatic N) is 1. The molecule has 0 heterocycles. The van der Waals surface area contributed by atoms with Crippen molar-refractivity contribution in [2.75, 3.05) is 0 Å². The van der Waals surface area contributed by atoms with E-state index in [0.717, 1.165) is 61.6 Å². The summed E-state index contributed by atoms with van der Waals surface area (Å²) in [7, 11) is -0.315. The quantitative estimate of drug-likeness (QED) is 0.0297. The summed E-state index contributed by atoms with van der Waals surface area (Å²) in [4.78, 5) is 76.2. The number of rotatable bonds is 25. The normalized spacial score (nSPS) is 14.2. The van der Waals surface area contributed by atoms with Crippen LogP contribution in [0, 0.1) is 40.2 Å². The van der Waals surface area contributed by atoms with Gasteiger partial charge >= 0.3 is 0 Å². The van der Waals surface area contributed by atoms with E-state index in [1.165, 1.54) is 117 Å². The Labute approximate surface area is 873 Å². The molecule has 0 atom stereocenters. The maximum atomic E-state index is 11.1. The van der Waals surface area contributed by atoms with Gasteiger partial charge in [-0.1, -0.05) is 295 Å². The smallest absolute Gasteiger partial charge is 0.269 e. The monoisotopic (exact) mass is 2040 g/mol. The first-order valence-corrected chi connectivity index (χ1v) is 55.3. The van der Waals surface area contributed by atoms with E-state index in [4.69, 9.17) is 9.90 Å². The number of aromatic carboxylic acids is 1.